The van der Waals surface area contributed by atoms with Crippen molar-refractivity contribution in [3.05, 3.63) is 0 Å². The van der Waals surface area contributed by atoms with Gasteiger partial charge in [-0.15, -0.1) is 0 Å². The summed E-state index contributed by atoms with van der Waals surface area (Å²) in [4.78, 5) is 21.0. The molecule has 0 heterocycles. The molecule has 0 aliphatic heterocycles. The van der Waals surface area contributed by atoms with Crippen LogP contribution in [0.25, 0.3) is 0 Å². The van der Waals surface area contributed by atoms with Gasteiger partial charge in [-0.05, 0) is 13.3 Å². The summed E-state index contributed by atoms with van der Waals surface area (Å²) in [6.07, 6.45) is 0.557. The van der Waals surface area contributed by atoms with E-state index in [1.165, 1.54) is 0 Å². The van der Waals surface area contributed by atoms with Gasteiger partial charge in [0.05, 0.1) is 6.61 Å². The number of ether oxygens (including phenoxy) is 2. The minimum atomic E-state index is -0.729. The fraction of sp³-hybridized carbons (Fsp3) is 0.750. The summed E-state index contributed by atoms with van der Waals surface area (Å²) in [5.41, 5.74) is 0. The zero-order valence-corrected chi connectivity index (χ0v) is 7.41. The Morgan fingerprint density at radius 1 is 1.50 bits per heavy atom. The highest BCUT2D eigenvalue weighted by Gasteiger charge is 2.19. The van der Waals surface area contributed by atoms with E-state index in [1.54, 1.807) is 6.92 Å². The van der Waals surface area contributed by atoms with Crippen molar-refractivity contribution >= 4 is 12.4 Å². The van der Waals surface area contributed by atoms with Gasteiger partial charge in [-0.1, -0.05) is 13.3 Å². The quantitative estimate of drug-likeness (QED) is 0.443. The van der Waals surface area contributed by atoms with E-state index in [4.69, 9.17) is 0 Å². The van der Waals surface area contributed by atoms with Gasteiger partial charge in [-0.2, -0.15) is 0 Å². The molecule has 0 aromatic rings. The van der Waals surface area contributed by atoms with E-state index in [0.717, 1.165) is 6.42 Å². The molecule has 0 aromatic carbocycles. The van der Waals surface area contributed by atoms with Crippen LogP contribution in [0.5, 0.6) is 0 Å². The zero-order valence-electron chi connectivity index (χ0n) is 7.41. The third kappa shape index (κ3) is 3.95. The first-order valence-electron chi connectivity index (χ1n) is 4.02. The maximum absolute atomic E-state index is 11.0. The second kappa shape index (κ2) is 6.64. The Labute approximate surface area is 71.8 Å². The highest BCUT2D eigenvalue weighted by molar-refractivity contribution is 5.75. The number of carbonyl (C=O) groups is 2. The van der Waals surface area contributed by atoms with E-state index in [-0.39, 0.29) is 6.47 Å². The van der Waals surface area contributed by atoms with E-state index in [2.05, 4.69) is 9.47 Å². The van der Waals surface area contributed by atoms with Crippen LogP contribution in [0, 0.1) is 0 Å². The molecule has 0 saturated heterocycles. The molecule has 0 aromatic heterocycles. The summed E-state index contributed by atoms with van der Waals surface area (Å²) in [7, 11) is 0. The van der Waals surface area contributed by atoms with Gasteiger partial charge in [-0.25, -0.2) is 4.79 Å². The number of hydrogen-bond acceptors (Lipinski definition) is 4. The Kier molecular flexibility index (Phi) is 6.05. The standard InChI is InChI=1S/C8H14O4/c1-3-5-7(12-6-9)8(10)11-4-2/h6-7H,3-5H2,1-2H3. The molecule has 70 valence electrons. The molecular formula is C8H14O4. The van der Waals surface area contributed by atoms with Gasteiger partial charge in [0.15, 0.2) is 6.10 Å². The monoisotopic (exact) mass is 174 g/mol. The average Bonchev–Trinajstić information content (AvgIpc) is 2.04. The second-order valence-electron chi connectivity index (χ2n) is 2.26. The lowest BCUT2D eigenvalue weighted by Gasteiger charge is -2.11. The summed E-state index contributed by atoms with van der Waals surface area (Å²) in [6.45, 7) is 4.20. The van der Waals surface area contributed by atoms with Crippen LogP contribution in [0.2, 0.25) is 0 Å². The minimum Gasteiger partial charge on any atom is -0.463 e. The molecular weight excluding hydrogens is 160 g/mol. The molecule has 1 atom stereocenters. The number of esters is 1. The first-order valence-corrected chi connectivity index (χ1v) is 4.02. The van der Waals surface area contributed by atoms with Crippen molar-refractivity contribution in [1.29, 1.82) is 0 Å². The normalized spacial score (nSPS) is 11.8. The van der Waals surface area contributed by atoms with Crippen molar-refractivity contribution in [2.24, 2.45) is 0 Å². The Morgan fingerprint density at radius 3 is 2.58 bits per heavy atom. The fourth-order valence-corrected chi connectivity index (χ4v) is 0.806. The Morgan fingerprint density at radius 2 is 2.17 bits per heavy atom. The number of carbonyl (C=O) groups excluding carboxylic acids is 2. The third-order valence-corrected chi connectivity index (χ3v) is 1.32. The van der Waals surface area contributed by atoms with E-state index < -0.39 is 12.1 Å². The summed E-state index contributed by atoms with van der Waals surface area (Å²) >= 11 is 0. The molecule has 0 N–H and O–H groups in total. The van der Waals surface area contributed by atoms with E-state index >= 15 is 0 Å². The maximum Gasteiger partial charge on any atom is 0.347 e. The smallest absolute Gasteiger partial charge is 0.347 e. The van der Waals surface area contributed by atoms with Crippen molar-refractivity contribution in [2.45, 2.75) is 32.8 Å². The van der Waals surface area contributed by atoms with Gasteiger partial charge in [0, 0.05) is 0 Å². The number of hydrogen-bond donors (Lipinski definition) is 0. The lowest BCUT2D eigenvalue weighted by atomic mass is 10.2. The first kappa shape index (κ1) is 10.9. The largest absolute Gasteiger partial charge is 0.463 e. The van der Waals surface area contributed by atoms with Gasteiger partial charge in [0.25, 0.3) is 6.47 Å². The van der Waals surface area contributed by atoms with Crippen LogP contribution in [0.1, 0.15) is 26.7 Å². The molecule has 0 aliphatic rings. The SMILES string of the molecule is CCCC(OC=O)C(=O)OCC. The molecule has 0 radical (unpaired) electrons. The topological polar surface area (TPSA) is 52.6 Å². The van der Waals surface area contributed by atoms with Crippen LogP contribution in [0.4, 0.5) is 0 Å². The van der Waals surface area contributed by atoms with Crippen molar-refractivity contribution in [3.8, 4) is 0 Å². The Hall–Kier alpha value is -1.06. The molecule has 12 heavy (non-hydrogen) atoms. The average molecular weight is 174 g/mol. The minimum absolute atomic E-state index is 0.275. The Balaban J connectivity index is 3.89. The maximum atomic E-state index is 11.0. The molecule has 0 bridgehead atoms. The molecule has 4 nitrogen and oxygen atoms in total. The van der Waals surface area contributed by atoms with Gasteiger partial charge < -0.3 is 9.47 Å². The summed E-state index contributed by atoms with van der Waals surface area (Å²) in [5, 5.41) is 0. The fourth-order valence-electron chi connectivity index (χ4n) is 0.806. The van der Waals surface area contributed by atoms with Crippen LogP contribution in [-0.4, -0.2) is 25.2 Å². The van der Waals surface area contributed by atoms with Crippen molar-refractivity contribution in [2.75, 3.05) is 6.61 Å². The highest BCUT2D eigenvalue weighted by atomic mass is 16.6. The summed E-state index contributed by atoms with van der Waals surface area (Å²) in [6, 6.07) is 0. The molecule has 0 fully saturated rings. The van der Waals surface area contributed by atoms with Gasteiger partial charge in [0.2, 0.25) is 0 Å². The molecule has 1 unspecified atom stereocenters. The second-order valence-corrected chi connectivity index (χ2v) is 2.26. The van der Waals surface area contributed by atoms with Gasteiger partial charge in [0.1, 0.15) is 0 Å². The summed E-state index contributed by atoms with van der Waals surface area (Å²) in [5.74, 6) is -0.466. The van der Waals surface area contributed by atoms with Crippen molar-refractivity contribution < 1.29 is 19.1 Å². The lowest BCUT2D eigenvalue weighted by Crippen LogP contribution is -2.26. The number of rotatable bonds is 6. The molecule has 0 spiro atoms. The summed E-state index contributed by atoms with van der Waals surface area (Å²) < 4.78 is 9.23. The van der Waals surface area contributed by atoms with Crippen molar-refractivity contribution in [3.63, 3.8) is 0 Å². The highest BCUT2D eigenvalue weighted by Crippen LogP contribution is 2.02. The van der Waals surface area contributed by atoms with E-state index in [1.807, 2.05) is 6.92 Å². The molecule has 0 saturated carbocycles. The molecule has 0 rings (SSSR count). The zero-order chi connectivity index (χ0) is 9.40. The van der Waals surface area contributed by atoms with Crippen LogP contribution in [-0.2, 0) is 19.1 Å². The Bertz CT molecular complexity index is 144. The van der Waals surface area contributed by atoms with Crippen LogP contribution >= 0.6 is 0 Å². The van der Waals surface area contributed by atoms with Crippen LogP contribution in [0.15, 0.2) is 0 Å². The lowest BCUT2D eigenvalue weighted by molar-refractivity contribution is -0.161. The van der Waals surface area contributed by atoms with E-state index in [0.29, 0.717) is 13.0 Å². The molecule has 0 amide bonds. The van der Waals surface area contributed by atoms with Crippen LogP contribution in [0.3, 0.4) is 0 Å². The predicted molar refractivity (Wildman–Crippen MR) is 42.5 cm³/mol. The first-order chi connectivity index (χ1) is 5.76. The van der Waals surface area contributed by atoms with Gasteiger partial charge in [-0.3, -0.25) is 4.79 Å². The van der Waals surface area contributed by atoms with Gasteiger partial charge >= 0.3 is 5.97 Å². The predicted octanol–water partition coefficient (Wildman–Crippen LogP) is 0.891. The molecule has 4 heteroatoms. The van der Waals surface area contributed by atoms with Crippen LogP contribution < -0.4 is 0 Å². The van der Waals surface area contributed by atoms with Crippen molar-refractivity contribution in [1.82, 2.24) is 0 Å². The third-order valence-electron chi connectivity index (χ3n) is 1.32. The molecule has 0 aliphatic carbocycles. The van der Waals surface area contributed by atoms with E-state index in [9.17, 15) is 9.59 Å².